The van der Waals surface area contributed by atoms with Crippen LogP contribution < -0.4 is 10.2 Å². The first kappa shape index (κ1) is 18.6. The molecular weight excluding hydrogens is 344 g/mol. The molecule has 0 bridgehead atoms. The van der Waals surface area contributed by atoms with Crippen molar-refractivity contribution < 1.29 is 19.1 Å². The Bertz CT molecular complexity index is 1070. The Morgan fingerprint density at radius 1 is 1.15 bits per heavy atom. The molecule has 0 aliphatic heterocycles. The molecule has 5 heteroatoms. The highest BCUT2D eigenvalue weighted by atomic mass is 16.5. The molecule has 0 aliphatic carbocycles. The maximum Gasteiger partial charge on any atom is 0.193 e. The van der Waals surface area contributed by atoms with Crippen LogP contribution in [0, 0.1) is 0 Å². The summed E-state index contributed by atoms with van der Waals surface area (Å²) in [6.45, 7) is 2.82. The van der Waals surface area contributed by atoms with Crippen molar-refractivity contribution in [3.8, 4) is 17.1 Å². The van der Waals surface area contributed by atoms with Gasteiger partial charge in [0.1, 0.15) is 22.7 Å². The first-order chi connectivity index (χ1) is 12.8. The number of carbonyl (C=O) groups is 1. The summed E-state index contributed by atoms with van der Waals surface area (Å²) in [6, 6.07) is 14.0. The van der Waals surface area contributed by atoms with Crippen molar-refractivity contribution in [1.29, 1.82) is 0 Å². The van der Waals surface area contributed by atoms with E-state index in [0.717, 1.165) is 5.56 Å². The van der Waals surface area contributed by atoms with Crippen molar-refractivity contribution in [2.45, 2.75) is 19.4 Å². The molecule has 2 aromatic carbocycles. The minimum atomic E-state index is -1.50. The third-order valence-corrected chi connectivity index (χ3v) is 4.18. The quantitative estimate of drug-likeness (QED) is 0.697. The van der Waals surface area contributed by atoms with E-state index in [-0.39, 0.29) is 5.43 Å². The predicted octanol–water partition coefficient (Wildman–Crippen LogP) is 3.82. The van der Waals surface area contributed by atoms with E-state index in [9.17, 15) is 14.7 Å². The summed E-state index contributed by atoms with van der Waals surface area (Å²) < 4.78 is 11.4. The molecule has 0 spiro atoms. The Hall–Kier alpha value is -3.18. The lowest BCUT2D eigenvalue weighted by atomic mass is 10.0. The number of methoxy groups -OCH3 is 1. The second-order valence-electron chi connectivity index (χ2n) is 6.66. The molecule has 0 fully saturated rings. The van der Waals surface area contributed by atoms with Crippen LogP contribution in [0.15, 0.2) is 63.8 Å². The first-order valence-electron chi connectivity index (χ1n) is 8.46. The van der Waals surface area contributed by atoms with Crippen LogP contribution in [0.3, 0.4) is 0 Å². The SMILES string of the molecule is COc1ccc2c(=O)cc(-c3ccccc3)oc2c1C=CC(=O)C(C)(C)O. The monoisotopic (exact) mass is 364 g/mol. The Labute approximate surface area is 156 Å². The summed E-state index contributed by atoms with van der Waals surface area (Å²) in [5.41, 5.74) is -0.143. The second kappa shape index (κ2) is 7.21. The maximum atomic E-state index is 12.6. The van der Waals surface area contributed by atoms with Gasteiger partial charge in [-0.2, -0.15) is 0 Å². The molecule has 5 nitrogen and oxygen atoms in total. The summed E-state index contributed by atoms with van der Waals surface area (Å²) in [5.74, 6) is 0.406. The summed E-state index contributed by atoms with van der Waals surface area (Å²) in [7, 11) is 1.50. The molecule has 0 radical (unpaired) electrons. The number of fused-ring (bicyclic) bond motifs is 1. The van der Waals surface area contributed by atoms with E-state index in [1.54, 1.807) is 12.1 Å². The fourth-order valence-electron chi connectivity index (χ4n) is 2.67. The molecule has 0 saturated carbocycles. The molecule has 0 saturated heterocycles. The summed E-state index contributed by atoms with van der Waals surface area (Å²) in [4.78, 5) is 24.6. The fraction of sp³-hybridized carbons (Fsp3) is 0.182. The lowest BCUT2D eigenvalue weighted by Crippen LogP contribution is -2.29. The van der Waals surface area contributed by atoms with E-state index < -0.39 is 11.4 Å². The van der Waals surface area contributed by atoms with Crippen molar-refractivity contribution in [3.05, 3.63) is 70.4 Å². The molecule has 27 heavy (non-hydrogen) atoms. The van der Waals surface area contributed by atoms with Gasteiger partial charge in [0.05, 0.1) is 18.1 Å². The van der Waals surface area contributed by atoms with Gasteiger partial charge in [-0.05, 0) is 38.1 Å². The Morgan fingerprint density at radius 2 is 1.85 bits per heavy atom. The minimum absolute atomic E-state index is 0.193. The van der Waals surface area contributed by atoms with Crippen LogP contribution in [0.2, 0.25) is 0 Å². The maximum absolute atomic E-state index is 12.6. The zero-order valence-corrected chi connectivity index (χ0v) is 15.4. The van der Waals surface area contributed by atoms with E-state index in [1.807, 2.05) is 30.3 Å². The average molecular weight is 364 g/mol. The van der Waals surface area contributed by atoms with E-state index in [4.69, 9.17) is 9.15 Å². The lowest BCUT2D eigenvalue weighted by Gasteiger charge is -2.13. The normalized spacial score (nSPS) is 11.9. The zero-order valence-electron chi connectivity index (χ0n) is 15.4. The molecule has 1 N–H and O–H groups in total. The smallest absolute Gasteiger partial charge is 0.193 e. The van der Waals surface area contributed by atoms with Gasteiger partial charge in [-0.3, -0.25) is 9.59 Å². The molecule has 3 aromatic rings. The highest BCUT2D eigenvalue weighted by Crippen LogP contribution is 2.31. The second-order valence-corrected chi connectivity index (χ2v) is 6.66. The lowest BCUT2D eigenvalue weighted by molar-refractivity contribution is -0.128. The van der Waals surface area contributed by atoms with Crippen LogP contribution >= 0.6 is 0 Å². The van der Waals surface area contributed by atoms with E-state index >= 15 is 0 Å². The molecule has 138 valence electrons. The van der Waals surface area contributed by atoms with Crippen LogP contribution in [0.1, 0.15) is 19.4 Å². The highest BCUT2D eigenvalue weighted by molar-refractivity contribution is 6.01. The molecule has 1 heterocycles. The number of ketones is 1. The van der Waals surface area contributed by atoms with Crippen LogP contribution in [0.25, 0.3) is 28.4 Å². The summed E-state index contributed by atoms with van der Waals surface area (Å²) in [5, 5.41) is 10.2. The van der Waals surface area contributed by atoms with E-state index in [1.165, 1.54) is 39.2 Å². The Kier molecular flexibility index (Phi) is 4.97. The first-order valence-corrected chi connectivity index (χ1v) is 8.46. The number of aliphatic hydroxyl groups is 1. The predicted molar refractivity (Wildman–Crippen MR) is 105 cm³/mol. The zero-order chi connectivity index (χ0) is 19.6. The van der Waals surface area contributed by atoms with Gasteiger partial charge >= 0.3 is 0 Å². The number of benzene rings is 2. The van der Waals surface area contributed by atoms with Crippen LogP contribution in [-0.2, 0) is 4.79 Å². The number of rotatable bonds is 5. The molecule has 0 atom stereocenters. The summed E-state index contributed by atoms with van der Waals surface area (Å²) in [6.07, 6.45) is 2.76. The number of carbonyl (C=O) groups excluding carboxylic acids is 1. The van der Waals surface area contributed by atoms with Crippen molar-refractivity contribution >= 4 is 22.8 Å². The van der Waals surface area contributed by atoms with Gasteiger partial charge in [-0.15, -0.1) is 0 Å². The van der Waals surface area contributed by atoms with Crippen molar-refractivity contribution in [3.63, 3.8) is 0 Å². The van der Waals surface area contributed by atoms with E-state index in [0.29, 0.717) is 28.0 Å². The minimum Gasteiger partial charge on any atom is -0.496 e. The van der Waals surface area contributed by atoms with Crippen LogP contribution in [0.4, 0.5) is 0 Å². The molecule has 3 rings (SSSR count). The van der Waals surface area contributed by atoms with Crippen molar-refractivity contribution in [2.75, 3.05) is 7.11 Å². The fourth-order valence-corrected chi connectivity index (χ4v) is 2.67. The number of hydrogen-bond acceptors (Lipinski definition) is 5. The number of hydrogen-bond donors (Lipinski definition) is 1. The summed E-state index contributed by atoms with van der Waals surface area (Å²) >= 11 is 0. The third kappa shape index (κ3) is 3.83. The molecule has 0 aliphatic rings. The van der Waals surface area contributed by atoms with E-state index in [2.05, 4.69) is 0 Å². The van der Waals surface area contributed by atoms with Crippen molar-refractivity contribution in [2.24, 2.45) is 0 Å². The molecular formula is C22H20O5. The Balaban J connectivity index is 2.24. The average Bonchev–Trinajstić information content (AvgIpc) is 2.65. The van der Waals surface area contributed by atoms with Crippen LogP contribution in [-0.4, -0.2) is 23.6 Å². The topological polar surface area (TPSA) is 76.7 Å². The highest BCUT2D eigenvalue weighted by Gasteiger charge is 2.21. The molecule has 0 unspecified atom stereocenters. The van der Waals surface area contributed by atoms with Gasteiger partial charge < -0.3 is 14.3 Å². The van der Waals surface area contributed by atoms with Crippen LogP contribution in [0.5, 0.6) is 5.75 Å². The van der Waals surface area contributed by atoms with Gasteiger partial charge in [-0.25, -0.2) is 0 Å². The van der Waals surface area contributed by atoms with Crippen molar-refractivity contribution in [1.82, 2.24) is 0 Å². The van der Waals surface area contributed by atoms with Gasteiger partial charge in [0.15, 0.2) is 11.2 Å². The Morgan fingerprint density at radius 3 is 2.48 bits per heavy atom. The van der Waals surface area contributed by atoms with Gasteiger partial charge in [0.2, 0.25) is 0 Å². The largest absolute Gasteiger partial charge is 0.496 e. The third-order valence-electron chi connectivity index (χ3n) is 4.18. The van der Waals surface area contributed by atoms with Gasteiger partial charge in [-0.1, -0.05) is 30.3 Å². The van der Waals surface area contributed by atoms with Gasteiger partial charge in [0.25, 0.3) is 0 Å². The van der Waals surface area contributed by atoms with Gasteiger partial charge in [0, 0.05) is 11.6 Å². The standard InChI is InChI=1S/C22H20O5/c1-22(2,25)20(24)12-10-16-18(26-3)11-9-15-17(23)13-19(27-21(15)16)14-7-5-4-6-8-14/h4-13,25H,1-3H3. The molecule has 1 aromatic heterocycles. The number of ether oxygens (including phenoxy) is 1. The molecule has 0 amide bonds.